The quantitative estimate of drug-likeness (QED) is 0.262. The van der Waals surface area contributed by atoms with Crippen molar-refractivity contribution in [2.45, 2.75) is 26.7 Å². The van der Waals surface area contributed by atoms with Crippen molar-refractivity contribution in [1.82, 2.24) is 10.2 Å². The highest BCUT2D eigenvalue weighted by Gasteiger charge is 2.10. The van der Waals surface area contributed by atoms with Gasteiger partial charge in [0.1, 0.15) is 5.84 Å². The number of carbonyl (C=O) groups is 1. The summed E-state index contributed by atoms with van der Waals surface area (Å²) >= 11 is 0. The number of amidine groups is 1. The van der Waals surface area contributed by atoms with E-state index in [1.165, 1.54) is 0 Å². The Kier molecular flexibility index (Phi) is 7.13. The van der Waals surface area contributed by atoms with E-state index < -0.39 is 0 Å². The molecule has 0 aromatic carbocycles. The van der Waals surface area contributed by atoms with Crippen molar-refractivity contribution < 1.29 is 10.0 Å². The molecule has 0 rings (SSSR count). The molecular formula is C9H20N4O2. The van der Waals surface area contributed by atoms with Gasteiger partial charge < -0.3 is 21.2 Å². The number of hydrogen-bond donors (Lipinski definition) is 3. The highest BCUT2D eigenvalue weighted by Crippen LogP contribution is 1.93. The van der Waals surface area contributed by atoms with Crippen LogP contribution in [0.25, 0.3) is 0 Å². The lowest BCUT2D eigenvalue weighted by Gasteiger charge is -2.20. The number of carbonyl (C=O) groups excluding carboxylic acids is 1. The van der Waals surface area contributed by atoms with Crippen molar-refractivity contribution in [3.05, 3.63) is 0 Å². The van der Waals surface area contributed by atoms with Crippen LogP contribution < -0.4 is 11.1 Å². The van der Waals surface area contributed by atoms with Crippen molar-refractivity contribution in [3.63, 3.8) is 0 Å². The van der Waals surface area contributed by atoms with Crippen molar-refractivity contribution in [3.8, 4) is 0 Å². The summed E-state index contributed by atoms with van der Waals surface area (Å²) in [6.07, 6.45) is 1.29. The Labute approximate surface area is 90.1 Å². The van der Waals surface area contributed by atoms with Gasteiger partial charge in [-0.2, -0.15) is 0 Å². The smallest absolute Gasteiger partial charge is 0.317 e. The van der Waals surface area contributed by atoms with Crippen molar-refractivity contribution >= 4 is 11.9 Å². The largest absolute Gasteiger partial charge is 0.409 e. The molecule has 0 radical (unpaired) electrons. The standard InChI is InChI=1S/C9H20N4O2/c1-3-6-11-9(14)13(4-2)7-5-8(10)12-15/h15H,3-7H2,1-2H3,(H2,10,12)(H,11,14). The van der Waals surface area contributed by atoms with Gasteiger partial charge in [0.25, 0.3) is 0 Å². The monoisotopic (exact) mass is 216 g/mol. The second-order valence-corrected chi connectivity index (χ2v) is 3.15. The third kappa shape index (κ3) is 5.77. The Morgan fingerprint density at radius 1 is 1.53 bits per heavy atom. The summed E-state index contributed by atoms with van der Waals surface area (Å²) in [5.74, 6) is 0.136. The summed E-state index contributed by atoms with van der Waals surface area (Å²) in [4.78, 5) is 13.1. The molecule has 0 aliphatic heterocycles. The van der Waals surface area contributed by atoms with E-state index in [1.54, 1.807) is 4.90 Å². The molecule has 0 aliphatic carbocycles. The fourth-order valence-electron chi connectivity index (χ4n) is 1.05. The minimum Gasteiger partial charge on any atom is -0.409 e. The first-order valence-electron chi connectivity index (χ1n) is 5.14. The molecule has 0 spiro atoms. The van der Waals surface area contributed by atoms with Crippen LogP contribution in [0.2, 0.25) is 0 Å². The van der Waals surface area contributed by atoms with Crippen LogP contribution in [0.5, 0.6) is 0 Å². The lowest BCUT2D eigenvalue weighted by molar-refractivity contribution is 0.202. The normalized spacial score (nSPS) is 11.2. The van der Waals surface area contributed by atoms with Crippen molar-refractivity contribution in [1.29, 1.82) is 0 Å². The molecule has 0 saturated carbocycles. The van der Waals surface area contributed by atoms with Crippen LogP contribution in [-0.2, 0) is 0 Å². The zero-order chi connectivity index (χ0) is 11.7. The van der Waals surface area contributed by atoms with Gasteiger partial charge in [-0.25, -0.2) is 4.79 Å². The summed E-state index contributed by atoms with van der Waals surface area (Å²) in [5.41, 5.74) is 5.32. The highest BCUT2D eigenvalue weighted by molar-refractivity contribution is 5.80. The summed E-state index contributed by atoms with van der Waals surface area (Å²) in [7, 11) is 0. The van der Waals surface area contributed by atoms with Crippen LogP contribution >= 0.6 is 0 Å². The van der Waals surface area contributed by atoms with Gasteiger partial charge >= 0.3 is 6.03 Å². The molecule has 6 nitrogen and oxygen atoms in total. The second-order valence-electron chi connectivity index (χ2n) is 3.15. The van der Waals surface area contributed by atoms with E-state index in [0.29, 0.717) is 26.1 Å². The van der Waals surface area contributed by atoms with Crippen LogP contribution in [-0.4, -0.2) is 41.6 Å². The maximum atomic E-state index is 11.5. The Morgan fingerprint density at radius 2 is 2.20 bits per heavy atom. The minimum absolute atomic E-state index is 0.106. The number of urea groups is 1. The second kappa shape index (κ2) is 7.90. The molecule has 0 aromatic rings. The average Bonchev–Trinajstić information content (AvgIpc) is 2.26. The van der Waals surface area contributed by atoms with Gasteiger partial charge in [0.05, 0.1) is 0 Å². The number of oxime groups is 1. The third-order valence-corrected chi connectivity index (χ3v) is 1.96. The fourth-order valence-corrected chi connectivity index (χ4v) is 1.05. The van der Waals surface area contributed by atoms with Crippen LogP contribution in [0.4, 0.5) is 4.79 Å². The average molecular weight is 216 g/mol. The van der Waals surface area contributed by atoms with E-state index in [1.807, 2.05) is 13.8 Å². The first-order chi connectivity index (χ1) is 7.15. The molecule has 0 saturated heterocycles. The molecule has 0 atom stereocenters. The van der Waals surface area contributed by atoms with Gasteiger partial charge in [-0.15, -0.1) is 0 Å². The Hall–Kier alpha value is -1.46. The Bertz CT molecular complexity index is 218. The topological polar surface area (TPSA) is 91.0 Å². The third-order valence-electron chi connectivity index (χ3n) is 1.96. The molecule has 0 bridgehead atoms. The molecule has 2 amide bonds. The first kappa shape index (κ1) is 13.5. The number of nitrogens with one attached hydrogen (secondary N) is 1. The van der Waals surface area contributed by atoms with E-state index in [4.69, 9.17) is 10.9 Å². The van der Waals surface area contributed by atoms with E-state index in [2.05, 4.69) is 10.5 Å². The van der Waals surface area contributed by atoms with Gasteiger partial charge in [0, 0.05) is 26.1 Å². The van der Waals surface area contributed by atoms with Crippen LogP contribution in [0.3, 0.4) is 0 Å². The molecule has 6 heteroatoms. The predicted molar refractivity (Wildman–Crippen MR) is 59.0 cm³/mol. The lowest BCUT2D eigenvalue weighted by Crippen LogP contribution is -2.41. The molecule has 0 aromatic heterocycles. The van der Waals surface area contributed by atoms with E-state index >= 15 is 0 Å². The maximum absolute atomic E-state index is 11.5. The number of nitrogens with two attached hydrogens (primary N) is 1. The number of rotatable bonds is 6. The van der Waals surface area contributed by atoms with Gasteiger partial charge in [0.2, 0.25) is 0 Å². The zero-order valence-electron chi connectivity index (χ0n) is 9.36. The van der Waals surface area contributed by atoms with Crippen LogP contribution in [0, 0.1) is 0 Å². The lowest BCUT2D eigenvalue weighted by atomic mass is 10.3. The van der Waals surface area contributed by atoms with Crippen LogP contribution in [0.15, 0.2) is 5.16 Å². The van der Waals surface area contributed by atoms with Gasteiger partial charge in [-0.05, 0) is 13.3 Å². The van der Waals surface area contributed by atoms with E-state index in [-0.39, 0.29) is 11.9 Å². The van der Waals surface area contributed by atoms with Crippen LogP contribution in [0.1, 0.15) is 26.7 Å². The summed E-state index contributed by atoms with van der Waals surface area (Å²) < 4.78 is 0. The van der Waals surface area contributed by atoms with Gasteiger partial charge in [-0.3, -0.25) is 0 Å². The summed E-state index contributed by atoms with van der Waals surface area (Å²) in [6, 6.07) is -0.106. The Balaban J connectivity index is 3.95. The molecule has 0 aliphatic rings. The summed E-state index contributed by atoms with van der Waals surface area (Å²) in [5, 5.41) is 14.0. The van der Waals surface area contributed by atoms with Crippen molar-refractivity contribution in [2.75, 3.05) is 19.6 Å². The van der Waals surface area contributed by atoms with E-state index in [0.717, 1.165) is 6.42 Å². The molecule has 0 fully saturated rings. The molecular weight excluding hydrogens is 196 g/mol. The summed E-state index contributed by atoms with van der Waals surface area (Å²) in [6.45, 7) is 5.61. The van der Waals surface area contributed by atoms with Gasteiger partial charge in [-0.1, -0.05) is 12.1 Å². The predicted octanol–water partition coefficient (Wildman–Crippen LogP) is 0.564. The molecule has 88 valence electrons. The van der Waals surface area contributed by atoms with Crippen molar-refractivity contribution in [2.24, 2.45) is 10.9 Å². The molecule has 15 heavy (non-hydrogen) atoms. The maximum Gasteiger partial charge on any atom is 0.317 e. The first-order valence-corrected chi connectivity index (χ1v) is 5.14. The van der Waals surface area contributed by atoms with E-state index in [9.17, 15) is 4.79 Å². The highest BCUT2D eigenvalue weighted by atomic mass is 16.4. The minimum atomic E-state index is -0.106. The van der Waals surface area contributed by atoms with Gasteiger partial charge in [0.15, 0.2) is 0 Å². The number of amides is 2. The number of hydrogen-bond acceptors (Lipinski definition) is 3. The Morgan fingerprint density at radius 3 is 2.67 bits per heavy atom. The zero-order valence-corrected chi connectivity index (χ0v) is 9.36. The number of nitrogens with zero attached hydrogens (tertiary/aromatic N) is 2. The fraction of sp³-hybridized carbons (Fsp3) is 0.778. The molecule has 0 heterocycles. The molecule has 0 unspecified atom stereocenters. The SMILES string of the molecule is CCCNC(=O)N(CC)CCC(N)=NO. The molecule has 4 N–H and O–H groups in total.